The van der Waals surface area contributed by atoms with Gasteiger partial charge >= 0.3 is 6.03 Å². The van der Waals surface area contributed by atoms with Gasteiger partial charge in [0.2, 0.25) is 11.9 Å². The number of imide groups is 1. The Morgan fingerprint density at radius 3 is 2.48 bits per heavy atom. The molecule has 2 aromatic rings. The second-order valence-electron chi connectivity index (χ2n) is 6.42. The van der Waals surface area contributed by atoms with Gasteiger partial charge in [0.25, 0.3) is 0 Å². The highest BCUT2D eigenvalue weighted by atomic mass is 32.2. The Labute approximate surface area is 162 Å². The summed E-state index contributed by atoms with van der Waals surface area (Å²) in [5.74, 6) is 0.502. The number of hydrogen-bond acceptors (Lipinski definition) is 6. The van der Waals surface area contributed by atoms with Crippen LogP contribution >= 0.6 is 11.8 Å². The summed E-state index contributed by atoms with van der Waals surface area (Å²) in [5, 5.41) is 14.0. The van der Waals surface area contributed by atoms with Crippen LogP contribution < -0.4 is 15.5 Å². The monoisotopic (exact) mass is 388 g/mol. The number of rotatable bonds is 5. The summed E-state index contributed by atoms with van der Waals surface area (Å²) >= 11 is 1.26. The van der Waals surface area contributed by atoms with Crippen LogP contribution in [0.2, 0.25) is 0 Å². The lowest BCUT2D eigenvalue weighted by Crippen LogP contribution is -2.38. The van der Waals surface area contributed by atoms with E-state index in [4.69, 9.17) is 0 Å². The number of carbonyl (C=O) groups excluding carboxylic acids is 2. The van der Waals surface area contributed by atoms with Crippen molar-refractivity contribution in [3.8, 4) is 5.69 Å². The zero-order valence-electron chi connectivity index (χ0n) is 15.6. The molecular weight excluding hydrogens is 364 g/mol. The molecule has 1 aromatic carbocycles. The van der Waals surface area contributed by atoms with E-state index in [0.717, 1.165) is 37.6 Å². The highest BCUT2D eigenvalue weighted by Gasteiger charge is 2.22. The topological polar surface area (TPSA) is 92.2 Å². The minimum Gasteiger partial charge on any atom is -0.341 e. The van der Waals surface area contributed by atoms with E-state index in [0.29, 0.717) is 5.16 Å². The fourth-order valence-electron chi connectivity index (χ4n) is 2.93. The van der Waals surface area contributed by atoms with Crippen LogP contribution in [0.3, 0.4) is 0 Å². The van der Waals surface area contributed by atoms with Crippen LogP contribution in [0.15, 0.2) is 29.4 Å². The van der Waals surface area contributed by atoms with Gasteiger partial charge in [0.05, 0.1) is 11.4 Å². The largest absolute Gasteiger partial charge is 0.341 e. The fraction of sp³-hybridized carbons (Fsp3) is 0.444. The third-order valence-electron chi connectivity index (χ3n) is 4.36. The number of benzene rings is 1. The predicted octanol–water partition coefficient (Wildman–Crippen LogP) is 2.11. The highest BCUT2D eigenvalue weighted by molar-refractivity contribution is 7.99. The van der Waals surface area contributed by atoms with Gasteiger partial charge in [0.15, 0.2) is 5.16 Å². The molecule has 27 heavy (non-hydrogen) atoms. The molecule has 0 radical (unpaired) electrons. The Kier molecular flexibility index (Phi) is 6.33. The first kappa shape index (κ1) is 19.2. The molecule has 1 aliphatic heterocycles. The molecule has 1 fully saturated rings. The molecule has 0 bridgehead atoms. The van der Waals surface area contributed by atoms with Gasteiger partial charge in [-0.15, -0.1) is 10.2 Å². The van der Waals surface area contributed by atoms with E-state index in [-0.39, 0.29) is 11.7 Å². The third kappa shape index (κ3) is 4.79. The van der Waals surface area contributed by atoms with Gasteiger partial charge in [-0.25, -0.2) is 4.79 Å². The molecule has 3 amide bonds. The molecule has 1 aromatic heterocycles. The summed E-state index contributed by atoms with van der Waals surface area (Å²) in [6.45, 7) is 3.94. The summed E-state index contributed by atoms with van der Waals surface area (Å²) in [7, 11) is 1.47. The van der Waals surface area contributed by atoms with Crippen molar-refractivity contribution in [3.63, 3.8) is 0 Å². The normalized spacial score (nSPS) is 14.1. The first-order valence-corrected chi connectivity index (χ1v) is 9.99. The van der Waals surface area contributed by atoms with Crippen LogP contribution in [0.4, 0.5) is 10.7 Å². The van der Waals surface area contributed by atoms with Crippen LogP contribution in [0.1, 0.15) is 24.8 Å². The van der Waals surface area contributed by atoms with Crippen molar-refractivity contribution in [2.45, 2.75) is 31.3 Å². The van der Waals surface area contributed by atoms with E-state index in [1.165, 1.54) is 30.8 Å². The van der Waals surface area contributed by atoms with Crippen molar-refractivity contribution in [1.29, 1.82) is 0 Å². The van der Waals surface area contributed by atoms with Crippen LogP contribution in [0, 0.1) is 6.92 Å². The second kappa shape index (κ2) is 8.90. The lowest BCUT2D eigenvalue weighted by molar-refractivity contribution is -0.117. The van der Waals surface area contributed by atoms with Crippen molar-refractivity contribution in [2.75, 3.05) is 30.8 Å². The second-order valence-corrected chi connectivity index (χ2v) is 7.36. The number of hydrogen-bond donors (Lipinski definition) is 2. The Bertz CT molecular complexity index is 799. The van der Waals surface area contributed by atoms with Crippen molar-refractivity contribution in [1.82, 2.24) is 25.4 Å². The Morgan fingerprint density at radius 1 is 1.11 bits per heavy atom. The number of amides is 3. The number of urea groups is 1. The molecule has 0 unspecified atom stereocenters. The number of aromatic nitrogens is 3. The van der Waals surface area contributed by atoms with Crippen molar-refractivity contribution < 1.29 is 9.59 Å². The molecule has 2 N–H and O–H groups in total. The van der Waals surface area contributed by atoms with Crippen LogP contribution in [-0.4, -0.2) is 52.6 Å². The zero-order chi connectivity index (χ0) is 19.2. The van der Waals surface area contributed by atoms with Gasteiger partial charge in [-0.05, 0) is 38.3 Å². The molecule has 9 heteroatoms. The maximum atomic E-state index is 11.9. The predicted molar refractivity (Wildman–Crippen MR) is 105 cm³/mol. The SMILES string of the molecule is CNC(=O)NC(=O)CSc1nnc(N2CCCCC2)n1-c1ccc(C)cc1. The molecule has 1 saturated heterocycles. The number of anilines is 1. The van der Waals surface area contributed by atoms with E-state index in [1.807, 2.05) is 35.8 Å². The van der Waals surface area contributed by atoms with Gasteiger partial charge in [-0.2, -0.15) is 0 Å². The van der Waals surface area contributed by atoms with E-state index < -0.39 is 6.03 Å². The molecule has 0 aliphatic carbocycles. The number of nitrogens with zero attached hydrogens (tertiary/aromatic N) is 4. The van der Waals surface area contributed by atoms with E-state index in [9.17, 15) is 9.59 Å². The van der Waals surface area contributed by atoms with E-state index >= 15 is 0 Å². The average molecular weight is 388 g/mol. The smallest absolute Gasteiger partial charge is 0.321 e. The Hall–Kier alpha value is -2.55. The van der Waals surface area contributed by atoms with Gasteiger partial charge in [-0.1, -0.05) is 29.5 Å². The summed E-state index contributed by atoms with van der Waals surface area (Å²) < 4.78 is 1.99. The number of carbonyl (C=O) groups is 2. The maximum Gasteiger partial charge on any atom is 0.321 e. The molecule has 3 rings (SSSR count). The highest BCUT2D eigenvalue weighted by Crippen LogP contribution is 2.28. The molecule has 144 valence electrons. The third-order valence-corrected chi connectivity index (χ3v) is 5.29. The molecule has 8 nitrogen and oxygen atoms in total. The van der Waals surface area contributed by atoms with Crippen molar-refractivity contribution in [2.24, 2.45) is 0 Å². The number of thioether (sulfide) groups is 1. The Morgan fingerprint density at radius 2 is 1.81 bits per heavy atom. The van der Waals surface area contributed by atoms with Crippen LogP contribution in [0.25, 0.3) is 5.69 Å². The van der Waals surface area contributed by atoms with E-state index in [2.05, 4.69) is 25.7 Å². The van der Waals surface area contributed by atoms with Crippen LogP contribution in [-0.2, 0) is 4.79 Å². The molecule has 2 heterocycles. The first-order valence-electron chi connectivity index (χ1n) is 9.00. The standard InChI is InChI=1S/C18H24N6O2S/c1-13-6-8-14(9-7-13)24-17(23-10-4-3-5-11-23)21-22-18(24)27-12-15(25)20-16(26)19-2/h6-9H,3-5,10-12H2,1-2H3,(H2,19,20,25,26). The number of nitrogens with one attached hydrogen (secondary N) is 2. The lowest BCUT2D eigenvalue weighted by atomic mass is 10.1. The lowest BCUT2D eigenvalue weighted by Gasteiger charge is -2.27. The molecule has 0 saturated carbocycles. The molecule has 0 atom stereocenters. The van der Waals surface area contributed by atoms with E-state index in [1.54, 1.807) is 0 Å². The summed E-state index contributed by atoms with van der Waals surface area (Å²) in [6.07, 6.45) is 3.51. The zero-order valence-corrected chi connectivity index (χ0v) is 16.4. The summed E-state index contributed by atoms with van der Waals surface area (Å²) in [6, 6.07) is 7.63. The first-order chi connectivity index (χ1) is 13.1. The van der Waals surface area contributed by atoms with Gasteiger partial charge in [-0.3, -0.25) is 14.7 Å². The van der Waals surface area contributed by atoms with Crippen molar-refractivity contribution >= 4 is 29.6 Å². The van der Waals surface area contributed by atoms with Gasteiger partial charge in [0.1, 0.15) is 0 Å². The summed E-state index contributed by atoms with van der Waals surface area (Å²) in [4.78, 5) is 25.4. The minimum absolute atomic E-state index is 0.0808. The van der Waals surface area contributed by atoms with Crippen molar-refractivity contribution in [3.05, 3.63) is 29.8 Å². The number of piperidine rings is 1. The fourth-order valence-corrected chi connectivity index (χ4v) is 3.68. The maximum absolute atomic E-state index is 11.9. The van der Waals surface area contributed by atoms with Gasteiger partial charge < -0.3 is 10.2 Å². The summed E-state index contributed by atoms with van der Waals surface area (Å²) in [5.41, 5.74) is 2.13. The minimum atomic E-state index is -0.519. The Balaban J connectivity index is 1.84. The number of aryl methyl sites for hydroxylation is 1. The molecule has 1 aliphatic rings. The molecule has 0 spiro atoms. The van der Waals surface area contributed by atoms with Crippen LogP contribution in [0.5, 0.6) is 0 Å². The molecular formula is C18H24N6O2S. The average Bonchev–Trinajstić information content (AvgIpc) is 3.11. The quantitative estimate of drug-likeness (QED) is 0.762. The van der Waals surface area contributed by atoms with Gasteiger partial charge in [0, 0.05) is 20.1 Å².